The fraction of sp³-hybridized carbons (Fsp3) is 0.865. The number of ether oxygens (including phenoxy) is 4. The summed E-state index contributed by atoms with van der Waals surface area (Å²) in [6.07, 6.45) is 5.59. The van der Waals surface area contributed by atoms with Crippen molar-refractivity contribution < 1.29 is 48.7 Å². The van der Waals surface area contributed by atoms with Crippen LogP contribution < -0.4 is 0 Å². The van der Waals surface area contributed by atoms with E-state index in [1.54, 1.807) is 0 Å². The Morgan fingerprint density at radius 1 is 1.06 bits per heavy atom. The Morgan fingerprint density at radius 2 is 1.74 bits per heavy atom. The van der Waals surface area contributed by atoms with Crippen molar-refractivity contribution in [3.8, 4) is 0 Å². The monoisotopic (exact) mass is 662 g/mol. The molecule has 3 saturated carbocycles. The summed E-state index contributed by atoms with van der Waals surface area (Å²) in [6.45, 7) is 16.2. The highest BCUT2D eigenvalue weighted by Crippen LogP contribution is 2.75. The van der Waals surface area contributed by atoms with E-state index in [0.29, 0.717) is 32.0 Å². The first kappa shape index (κ1) is 36.3. The summed E-state index contributed by atoms with van der Waals surface area (Å²) in [4.78, 5) is 38.2. The molecule has 0 radical (unpaired) electrons. The molecule has 5 aliphatic rings. The number of carbonyl (C=O) groups excluding carboxylic acids is 2. The third-order valence-corrected chi connectivity index (χ3v) is 14.7. The summed E-state index contributed by atoms with van der Waals surface area (Å²) in [5, 5.41) is 31.7. The van der Waals surface area contributed by atoms with Crippen molar-refractivity contribution in [2.75, 3.05) is 33.5 Å². The number of methoxy groups -OCH3 is 1. The number of carbonyl (C=O) groups is 3. The Labute approximate surface area is 279 Å². The van der Waals surface area contributed by atoms with Crippen molar-refractivity contribution in [3.63, 3.8) is 0 Å². The van der Waals surface area contributed by atoms with E-state index in [-0.39, 0.29) is 28.6 Å². The van der Waals surface area contributed by atoms with Crippen LogP contribution in [0.5, 0.6) is 0 Å². The summed E-state index contributed by atoms with van der Waals surface area (Å²) < 4.78 is 23.5. The molecule has 1 saturated heterocycles. The number of hydrogen-bond donors (Lipinski definition) is 3. The van der Waals surface area contributed by atoms with Crippen molar-refractivity contribution in [1.82, 2.24) is 0 Å². The van der Waals surface area contributed by atoms with Crippen LogP contribution in [0.4, 0.5) is 0 Å². The van der Waals surface area contributed by atoms with Gasteiger partial charge in [0.2, 0.25) is 5.60 Å². The molecule has 0 amide bonds. The van der Waals surface area contributed by atoms with Crippen molar-refractivity contribution in [2.45, 2.75) is 112 Å². The molecule has 1 heterocycles. The minimum absolute atomic E-state index is 0.0986. The Hall–Kier alpha value is -2.01. The zero-order chi connectivity index (χ0) is 35.0. The molecule has 266 valence electrons. The van der Waals surface area contributed by atoms with E-state index in [1.807, 2.05) is 0 Å². The molecule has 12 atom stereocenters. The molecule has 0 spiro atoms. The lowest BCUT2D eigenvalue weighted by Gasteiger charge is -2.71. The van der Waals surface area contributed by atoms with Crippen LogP contribution >= 0.6 is 0 Å². The lowest BCUT2D eigenvalue weighted by atomic mass is 9.34. The van der Waals surface area contributed by atoms with Gasteiger partial charge in [-0.1, -0.05) is 60.1 Å². The van der Waals surface area contributed by atoms with Gasteiger partial charge in [-0.2, -0.15) is 0 Å². The van der Waals surface area contributed by atoms with Crippen molar-refractivity contribution in [1.29, 1.82) is 0 Å². The third-order valence-electron chi connectivity index (χ3n) is 14.7. The average molecular weight is 663 g/mol. The quantitative estimate of drug-likeness (QED) is 0.233. The average Bonchev–Trinajstić information content (AvgIpc) is 2.99. The standard InChI is InChI=1S/C37H58O10/c1-21(2)22(3)32(5)14-15-34(7)24-10-11-27-33(6)18-45-19-36(27,25(24)12-13-35(34,8)28(32)30(40)41)16-26(47-23(4)39)29(33)46-20-37(43,17-38)31(42)44-9/h12,21-22,24,26-29,38,43H,10-11,13-20H2,1-9H3,(H,40,41)/t22-,24+,26-,27+,28-,29+,32-,33+,34-,35+,36-,37?/m1/s1. The highest BCUT2D eigenvalue weighted by molar-refractivity contribution is 5.79. The number of hydrogen-bond acceptors (Lipinski definition) is 9. The fourth-order valence-corrected chi connectivity index (χ4v) is 11.8. The van der Waals surface area contributed by atoms with Crippen LogP contribution in [-0.4, -0.2) is 84.6 Å². The molecular weight excluding hydrogens is 604 g/mol. The summed E-state index contributed by atoms with van der Waals surface area (Å²) in [6, 6.07) is 0. The number of aliphatic hydroxyl groups excluding tert-OH is 1. The number of allylic oxidation sites excluding steroid dienone is 1. The van der Waals surface area contributed by atoms with Gasteiger partial charge in [-0.3, -0.25) is 9.59 Å². The van der Waals surface area contributed by atoms with E-state index in [9.17, 15) is 29.7 Å². The summed E-state index contributed by atoms with van der Waals surface area (Å²) in [5.74, 6) is -1.79. The van der Waals surface area contributed by atoms with Crippen molar-refractivity contribution in [3.05, 3.63) is 11.6 Å². The van der Waals surface area contributed by atoms with Crippen LogP contribution in [0.2, 0.25) is 0 Å². The van der Waals surface area contributed by atoms with Gasteiger partial charge in [-0.25, -0.2) is 4.79 Å². The SMILES string of the molecule is COC(=O)C(O)(CO)CO[C@H]1[C@H](OC(C)=O)C[C@]23COC[C@@]1(C)[C@@H]2CC[C@H]1C3=CC[C@@]2(C)[C@H](C(=O)O)[C@@](C)([C@H](C)C(C)C)CC[C@]12C. The number of aliphatic hydroxyl groups is 2. The van der Waals surface area contributed by atoms with E-state index in [4.69, 9.17) is 18.9 Å². The maximum atomic E-state index is 13.3. The molecule has 3 N–H and O–H groups in total. The van der Waals surface area contributed by atoms with Gasteiger partial charge in [0.15, 0.2) is 0 Å². The molecule has 2 bridgehead atoms. The fourth-order valence-electron chi connectivity index (χ4n) is 11.8. The highest BCUT2D eigenvalue weighted by Gasteiger charge is 2.72. The number of rotatable bonds is 9. The second kappa shape index (κ2) is 12.1. The predicted octanol–water partition coefficient (Wildman–Crippen LogP) is 4.79. The van der Waals surface area contributed by atoms with Gasteiger partial charge in [0.25, 0.3) is 0 Å². The predicted molar refractivity (Wildman–Crippen MR) is 173 cm³/mol. The summed E-state index contributed by atoms with van der Waals surface area (Å²) >= 11 is 0. The smallest absolute Gasteiger partial charge is 0.342 e. The topological polar surface area (TPSA) is 149 Å². The number of carboxylic acids is 1. The Morgan fingerprint density at radius 3 is 2.32 bits per heavy atom. The second-order valence-electron chi connectivity index (χ2n) is 17.1. The van der Waals surface area contributed by atoms with Crippen molar-refractivity contribution >= 4 is 17.9 Å². The van der Waals surface area contributed by atoms with Crippen LogP contribution in [0, 0.1) is 56.7 Å². The van der Waals surface area contributed by atoms with E-state index >= 15 is 0 Å². The van der Waals surface area contributed by atoms with Crippen LogP contribution in [0.25, 0.3) is 0 Å². The molecule has 4 aliphatic carbocycles. The lowest BCUT2D eigenvalue weighted by molar-refractivity contribution is -0.274. The number of esters is 2. The van der Waals surface area contributed by atoms with Crippen LogP contribution in [0.1, 0.15) is 93.9 Å². The zero-order valence-electron chi connectivity index (χ0n) is 29.9. The molecule has 1 unspecified atom stereocenters. The number of fused-ring (bicyclic) bond motifs is 3. The van der Waals surface area contributed by atoms with Crippen molar-refractivity contribution in [2.24, 2.45) is 56.7 Å². The molecule has 0 aromatic rings. The Balaban J connectivity index is 1.57. The molecule has 1 aliphatic heterocycles. The Bertz CT molecular complexity index is 1300. The number of carboxylic acid groups (broad SMARTS) is 1. The van der Waals surface area contributed by atoms with Gasteiger partial charge in [0.1, 0.15) is 12.2 Å². The number of aliphatic carboxylic acids is 1. The van der Waals surface area contributed by atoms with Gasteiger partial charge in [-0.05, 0) is 78.4 Å². The zero-order valence-corrected chi connectivity index (χ0v) is 29.9. The normalized spacial score (nSPS) is 44.5. The Kier molecular flexibility index (Phi) is 9.33. The van der Waals surface area contributed by atoms with E-state index < -0.39 is 71.1 Å². The van der Waals surface area contributed by atoms with Crippen LogP contribution in [-0.2, 0) is 33.3 Å². The molecule has 0 aromatic heterocycles. The maximum Gasteiger partial charge on any atom is 0.342 e. The molecule has 10 nitrogen and oxygen atoms in total. The van der Waals surface area contributed by atoms with Gasteiger partial charge in [0, 0.05) is 17.8 Å². The van der Waals surface area contributed by atoms with E-state index in [0.717, 1.165) is 32.8 Å². The summed E-state index contributed by atoms with van der Waals surface area (Å²) in [7, 11) is 1.13. The van der Waals surface area contributed by atoms with Gasteiger partial charge in [0.05, 0.1) is 39.5 Å². The van der Waals surface area contributed by atoms with E-state index in [1.165, 1.54) is 12.5 Å². The third kappa shape index (κ3) is 5.13. The highest BCUT2D eigenvalue weighted by atomic mass is 16.6. The molecule has 4 fully saturated rings. The maximum absolute atomic E-state index is 13.3. The van der Waals surface area contributed by atoms with E-state index in [2.05, 4.69) is 54.5 Å². The summed E-state index contributed by atoms with van der Waals surface area (Å²) in [5.41, 5.74) is -3.09. The molecule has 5 rings (SSSR count). The molecule has 47 heavy (non-hydrogen) atoms. The first-order valence-electron chi connectivity index (χ1n) is 17.5. The first-order chi connectivity index (χ1) is 21.8. The van der Waals surface area contributed by atoms with Crippen LogP contribution in [0.3, 0.4) is 0 Å². The minimum atomic E-state index is -2.26. The molecular formula is C37H58O10. The van der Waals surface area contributed by atoms with Gasteiger partial charge in [-0.15, -0.1) is 0 Å². The van der Waals surface area contributed by atoms with Gasteiger partial charge < -0.3 is 34.3 Å². The van der Waals surface area contributed by atoms with Gasteiger partial charge >= 0.3 is 17.9 Å². The first-order valence-corrected chi connectivity index (χ1v) is 17.5. The largest absolute Gasteiger partial charge is 0.481 e. The van der Waals surface area contributed by atoms with Crippen LogP contribution in [0.15, 0.2) is 11.6 Å². The lowest BCUT2D eigenvalue weighted by Crippen LogP contribution is -2.70. The molecule has 0 aromatic carbocycles. The minimum Gasteiger partial charge on any atom is -0.481 e. The molecule has 10 heteroatoms. The second-order valence-corrected chi connectivity index (χ2v) is 17.1.